The van der Waals surface area contributed by atoms with Crippen molar-refractivity contribution in [1.82, 2.24) is 19.4 Å². The Kier molecular flexibility index (Phi) is 6.26. The van der Waals surface area contributed by atoms with Gasteiger partial charge in [0.15, 0.2) is 5.13 Å². The minimum Gasteiger partial charge on any atom is -0.298 e. The minimum absolute atomic E-state index is 0.143. The van der Waals surface area contributed by atoms with Crippen molar-refractivity contribution in [2.24, 2.45) is 11.8 Å². The number of rotatable bonds is 5. The number of anilines is 1. The Morgan fingerprint density at radius 3 is 2.59 bits per heavy atom. The second kappa shape index (κ2) is 9.48. The van der Waals surface area contributed by atoms with E-state index in [0.717, 1.165) is 25.3 Å². The van der Waals surface area contributed by atoms with Crippen LogP contribution in [0.25, 0.3) is 16.6 Å². The molecular formula is C26H27N5O2S. The summed E-state index contributed by atoms with van der Waals surface area (Å²) in [5.41, 5.74) is 2.66. The topological polar surface area (TPSA) is 80.1 Å². The first-order valence-corrected chi connectivity index (χ1v) is 12.4. The maximum Gasteiger partial charge on any atom is 0.265 e. The van der Waals surface area contributed by atoms with E-state index in [1.807, 2.05) is 23.6 Å². The van der Waals surface area contributed by atoms with Crippen LogP contribution in [0.5, 0.6) is 0 Å². The van der Waals surface area contributed by atoms with Crippen LogP contribution < -0.4 is 10.9 Å². The molecule has 174 valence electrons. The molecule has 1 N–H and O–H groups in total. The molecule has 0 spiro atoms. The molecule has 4 aromatic rings. The zero-order chi connectivity index (χ0) is 23.7. The van der Waals surface area contributed by atoms with Gasteiger partial charge in [0.1, 0.15) is 6.33 Å². The van der Waals surface area contributed by atoms with Crippen molar-refractivity contribution in [3.63, 3.8) is 0 Å². The van der Waals surface area contributed by atoms with E-state index in [2.05, 4.69) is 34.0 Å². The smallest absolute Gasteiger partial charge is 0.265 e. The molecule has 0 aliphatic carbocycles. The number of hydrogen-bond acceptors (Lipinski definition) is 6. The van der Waals surface area contributed by atoms with E-state index in [-0.39, 0.29) is 11.5 Å². The number of aromatic nitrogens is 3. The summed E-state index contributed by atoms with van der Waals surface area (Å²) in [5.74, 6) is 1.17. The van der Waals surface area contributed by atoms with Gasteiger partial charge in [0.25, 0.3) is 11.5 Å². The number of hydrogen-bond donors (Lipinski definition) is 1. The molecule has 1 saturated heterocycles. The number of nitrogens with zero attached hydrogens (tertiary/aromatic N) is 4. The minimum atomic E-state index is -0.225. The number of para-hydroxylation sites is 1. The molecule has 5 rings (SSSR count). The third-order valence-corrected chi connectivity index (χ3v) is 6.98. The van der Waals surface area contributed by atoms with Crippen LogP contribution in [0.15, 0.2) is 65.0 Å². The van der Waals surface area contributed by atoms with Crippen molar-refractivity contribution < 1.29 is 4.79 Å². The highest BCUT2D eigenvalue weighted by Crippen LogP contribution is 2.24. The van der Waals surface area contributed by atoms with Gasteiger partial charge in [0.05, 0.1) is 22.3 Å². The number of piperidine rings is 1. The first-order chi connectivity index (χ1) is 16.5. The average molecular weight is 474 g/mol. The molecule has 2 atom stereocenters. The molecule has 2 aromatic carbocycles. The standard InChI is InChI=1S/C26H27N5O2S/c1-17-11-18(2)13-30(12-17)14-20-15-34-26(28-20)29-24(32)19-7-9-21(10-8-19)31-16-27-23-6-4-3-5-22(23)25(31)33/h3-10,15-18H,11-14H2,1-2H3,(H,28,29,32). The summed E-state index contributed by atoms with van der Waals surface area (Å²) in [4.78, 5) is 37.0. The quantitative estimate of drug-likeness (QED) is 0.459. The van der Waals surface area contributed by atoms with E-state index in [4.69, 9.17) is 0 Å². The average Bonchev–Trinajstić information content (AvgIpc) is 3.25. The molecule has 2 unspecified atom stereocenters. The zero-order valence-electron chi connectivity index (χ0n) is 19.3. The third kappa shape index (κ3) is 4.78. The maximum absolute atomic E-state index is 12.8. The third-order valence-electron chi connectivity index (χ3n) is 6.18. The molecule has 0 radical (unpaired) electrons. The van der Waals surface area contributed by atoms with Gasteiger partial charge in [0.2, 0.25) is 0 Å². The lowest BCUT2D eigenvalue weighted by atomic mass is 9.92. The lowest BCUT2D eigenvalue weighted by Crippen LogP contribution is -2.38. The Hall–Kier alpha value is -3.36. The predicted octanol–water partition coefficient (Wildman–Crippen LogP) is 4.57. The lowest BCUT2D eigenvalue weighted by molar-refractivity contribution is 0.102. The molecule has 1 aliphatic heterocycles. The number of fused-ring (bicyclic) bond motifs is 1. The molecule has 34 heavy (non-hydrogen) atoms. The number of likely N-dealkylation sites (tertiary alicyclic amines) is 1. The number of nitrogens with one attached hydrogen (secondary N) is 1. The van der Waals surface area contributed by atoms with Crippen LogP contribution in [0, 0.1) is 11.8 Å². The van der Waals surface area contributed by atoms with Crippen molar-refractivity contribution >= 4 is 33.3 Å². The van der Waals surface area contributed by atoms with Gasteiger partial charge in [0, 0.05) is 30.6 Å². The SMILES string of the molecule is CC1CC(C)CN(Cc2csc(NC(=O)c3ccc(-n4cnc5ccccc5c4=O)cc3)n2)C1. The van der Waals surface area contributed by atoms with Gasteiger partial charge in [-0.3, -0.25) is 24.4 Å². The van der Waals surface area contributed by atoms with E-state index < -0.39 is 0 Å². The molecule has 8 heteroatoms. The summed E-state index contributed by atoms with van der Waals surface area (Å²) < 4.78 is 1.49. The maximum atomic E-state index is 12.8. The highest BCUT2D eigenvalue weighted by Gasteiger charge is 2.22. The fourth-order valence-electron chi connectivity index (χ4n) is 4.78. The first kappa shape index (κ1) is 22.4. The van der Waals surface area contributed by atoms with E-state index in [1.54, 1.807) is 30.3 Å². The van der Waals surface area contributed by atoms with Crippen LogP contribution in [0.1, 0.15) is 36.3 Å². The largest absolute Gasteiger partial charge is 0.298 e. The van der Waals surface area contributed by atoms with Gasteiger partial charge in [-0.2, -0.15) is 0 Å². The fourth-order valence-corrected chi connectivity index (χ4v) is 5.48. The van der Waals surface area contributed by atoms with Crippen molar-refractivity contribution in [3.8, 4) is 5.69 Å². The van der Waals surface area contributed by atoms with Gasteiger partial charge < -0.3 is 0 Å². The van der Waals surface area contributed by atoms with Gasteiger partial charge in [-0.1, -0.05) is 26.0 Å². The molecular weight excluding hydrogens is 446 g/mol. The summed E-state index contributed by atoms with van der Waals surface area (Å²) >= 11 is 1.44. The van der Waals surface area contributed by atoms with Crippen molar-refractivity contribution in [1.29, 1.82) is 0 Å². The molecule has 3 heterocycles. The number of thiazole rings is 1. The summed E-state index contributed by atoms with van der Waals surface area (Å²) in [6.07, 6.45) is 2.79. The Labute approximate surface area is 202 Å². The Balaban J connectivity index is 1.26. The summed E-state index contributed by atoms with van der Waals surface area (Å²) in [7, 11) is 0. The van der Waals surface area contributed by atoms with Crippen molar-refractivity contribution in [2.45, 2.75) is 26.8 Å². The van der Waals surface area contributed by atoms with E-state index in [1.165, 1.54) is 28.7 Å². The van der Waals surface area contributed by atoms with Crippen LogP contribution in [0.3, 0.4) is 0 Å². The second-order valence-electron chi connectivity index (χ2n) is 9.22. The molecule has 1 fully saturated rings. The molecule has 0 bridgehead atoms. The Morgan fingerprint density at radius 2 is 1.82 bits per heavy atom. The lowest BCUT2D eigenvalue weighted by Gasteiger charge is -2.34. The highest BCUT2D eigenvalue weighted by atomic mass is 32.1. The van der Waals surface area contributed by atoms with Crippen molar-refractivity contribution in [3.05, 3.63) is 81.8 Å². The molecule has 1 amide bonds. The van der Waals surface area contributed by atoms with E-state index in [9.17, 15) is 9.59 Å². The van der Waals surface area contributed by atoms with E-state index in [0.29, 0.717) is 39.1 Å². The monoisotopic (exact) mass is 473 g/mol. The second-order valence-corrected chi connectivity index (χ2v) is 10.1. The van der Waals surface area contributed by atoms with Crippen LogP contribution >= 0.6 is 11.3 Å². The number of carbonyl (C=O) groups excluding carboxylic acids is 1. The van der Waals surface area contributed by atoms with Crippen molar-refractivity contribution in [2.75, 3.05) is 18.4 Å². The van der Waals surface area contributed by atoms with Gasteiger partial charge >= 0.3 is 0 Å². The highest BCUT2D eigenvalue weighted by molar-refractivity contribution is 7.14. The number of carbonyl (C=O) groups is 1. The molecule has 2 aromatic heterocycles. The van der Waals surface area contributed by atoms with Gasteiger partial charge in [-0.25, -0.2) is 9.97 Å². The summed E-state index contributed by atoms with van der Waals surface area (Å²) in [6, 6.07) is 14.2. The molecule has 1 aliphatic rings. The number of amides is 1. The summed E-state index contributed by atoms with van der Waals surface area (Å²) in [6.45, 7) is 7.59. The fraction of sp³-hybridized carbons (Fsp3) is 0.308. The zero-order valence-corrected chi connectivity index (χ0v) is 20.1. The predicted molar refractivity (Wildman–Crippen MR) is 136 cm³/mol. The van der Waals surface area contributed by atoms with E-state index >= 15 is 0 Å². The molecule has 7 nitrogen and oxygen atoms in total. The van der Waals surface area contributed by atoms with Crippen LogP contribution in [0.4, 0.5) is 5.13 Å². The normalized spacial score (nSPS) is 18.8. The Bertz CT molecular complexity index is 1370. The van der Waals surface area contributed by atoms with Crippen LogP contribution in [-0.2, 0) is 6.54 Å². The summed E-state index contributed by atoms with van der Waals surface area (Å²) in [5, 5.41) is 6.06. The van der Waals surface area contributed by atoms with Gasteiger partial charge in [-0.15, -0.1) is 11.3 Å². The first-order valence-electron chi connectivity index (χ1n) is 11.5. The van der Waals surface area contributed by atoms with Crippen LogP contribution in [0.2, 0.25) is 0 Å². The number of benzene rings is 2. The van der Waals surface area contributed by atoms with Gasteiger partial charge in [-0.05, 0) is 54.7 Å². The Morgan fingerprint density at radius 1 is 1.09 bits per heavy atom. The van der Waals surface area contributed by atoms with Crippen LogP contribution in [-0.4, -0.2) is 38.4 Å². The molecule has 0 saturated carbocycles.